The van der Waals surface area contributed by atoms with Crippen molar-refractivity contribution >= 4 is 5.91 Å². The Kier molecular flexibility index (Phi) is 6.78. The number of hydrogen-bond donors (Lipinski definition) is 1. The van der Waals surface area contributed by atoms with E-state index in [2.05, 4.69) is 40.5 Å². The number of carbonyl (C=O) groups is 1. The summed E-state index contributed by atoms with van der Waals surface area (Å²) in [7, 11) is 0. The quantitative estimate of drug-likeness (QED) is 0.598. The normalized spacial score (nSPS) is 14.9. The number of likely N-dealkylation sites (tertiary alicyclic amines) is 1. The fraction of sp³-hybridized carbons (Fsp3) is 0.269. The summed E-state index contributed by atoms with van der Waals surface area (Å²) in [5.74, 6) is 2.03. The second-order valence-corrected chi connectivity index (χ2v) is 7.85. The van der Waals surface area contributed by atoms with Crippen LogP contribution < -0.4 is 10.1 Å². The number of amides is 1. The van der Waals surface area contributed by atoms with Gasteiger partial charge in [-0.05, 0) is 73.8 Å². The molecule has 1 saturated heterocycles. The van der Waals surface area contributed by atoms with Crippen LogP contribution in [0.15, 0.2) is 84.9 Å². The van der Waals surface area contributed by atoms with Crippen molar-refractivity contribution in [3.63, 3.8) is 0 Å². The Morgan fingerprint density at radius 2 is 1.43 bits per heavy atom. The lowest BCUT2D eigenvalue weighted by Crippen LogP contribution is -2.38. The first-order chi connectivity index (χ1) is 14.8. The predicted octanol–water partition coefficient (Wildman–Crippen LogP) is 5.12. The van der Waals surface area contributed by atoms with Crippen LogP contribution in [0, 0.1) is 5.92 Å². The number of nitrogens with zero attached hydrogens (tertiary/aromatic N) is 1. The van der Waals surface area contributed by atoms with E-state index < -0.39 is 0 Å². The number of hydrogen-bond acceptors (Lipinski definition) is 3. The van der Waals surface area contributed by atoms with Crippen LogP contribution in [-0.4, -0.2) is 30.4 Å². The molecule has 0 bridgehead atoms. The molecule has 4 rings (SSSR count). The number of carbonyl (C=O) groups excluding carboxylic acids is 1. The number of piperidine rings is 1. The number of nitrogens with one attached hydrogen (secondary N) is 1. The van der Waals surface area contributed by atoms with Crippen molar-refractivity contribution in [3.05, 3.63) is 96.1 Å². The molecule has 1 amide bonds. The monoisotopic (exact) mass is 400 g/mol. The summed E-state index contributed by atoms with van der Waals surface area (Å²) in [6.07, 6.45) is 2.24. The van der Waals surface area contributed by atoms with Gasteiger partial charge in [-0.2, -0.15) is 0 Å². The van der Waals surface area contributed by atoms with Gasteiger partial charge in [0.15, 0.2) is 0 Å². The summed E-state index contributed by atoms with van der Waals surface area (Å²) in [5, 5.41) is 3.10. The molecule has 0 spiro atoms. The van der Waals surface area contributed by atoms with E-state index in [9.17, 15) is 4.79 Å². The van der Waals surface area contributed by atoms with Crippen LogP contribution in [0.5, 0.6) is 11.5 Å². The van der Waals surface area contributed by atoms with E-state index in [1.807, 2.05) is 54.6 Å². The molecular weight excluding hydrogens is 372 g/mol. The molecule has 3 aromatic rings. The van der Waals surface area contributed by atoms with Gasteiger partial charge in [0.25, 0.3) is 5.91 Å². The lowest BCUT2D eigenvalue weighted by molar-refractivity contribution is 0.0935. The topological polar surface area (TPSA) is 41.6 Å². The van der Waals surface area contributed by atoms with E-state index in [0.717, 1.165) is 50.5 Å². The third-order valence-corrected chi connectivity index (χ3v) is 5.60. The first kappa shape index (κ1) is 20.2. The van der Waals surface area contributed by atoms with Crippen LogP contribution >= 0.6 is 0 Å². The minimum absolute atomic E-state index is 0.0204. The molecule has 1 aliphatic heterocycles. The van der Waals surface area contributed by atoms with Crippen molar-refractivity contribution in [3.8, 4) is 11.5 Å². The minimum atomic E-state index is -0.0204. The van der Waals surface area contributed by atoms with Crippen molar-refractivity contribution < 1.29 is 9.53 Å². The Balaban J connectivity index is 1.20. The predicted molar refractivity (Wildman–Crippen MR) is 120 cm³/mol. The number of para-hydroxylation sites is 1. The van der Waals surface area contributed by atoms with Gasteiger partial charge in [0, 0.05) is 18.7 Å². The molecule has 3 aromatic carbocycles. The van der Waals surface area contributed by atoms with Crippen molar-refractivity contribution in [2.45, 2.75) is 19.4 Å². The van der Waals surface area contributed by atoms with Crippen molar-refractivity contribution in [2.75, 3.05) is 19.6 Å². The number of ether oxygens (including phenoxy) is 1. The summed E-state index contributed by atoms with van der Waals surface area (Å²) in [5.41, 5.74) is 2.03. The highest BCUT2D eigenvalue weighted by molar-refractivity contribution is 5.94. The van der Waals surface area contributed by atoms with Crippen LogP contribution in [0.4, 0.5) is 0 Å². The molecule has 154 valence electrons. The summed E-state index contributed by atoms with van der Waals surface area (Å²) < 4.78 is 5.78. The van der Waals surface area contributed by atoms with Crippen molar-refractivity contribution in [1.82, 2.24) is 10.2 Å². The average molecular weight is 401 g/mol. The fourth-order valence-corrected chi connectivity index (χ4v) is 3.83. The maximum Gasteiger partial charge on any atom is 0.251 e. The third kappa shape index (κ3) is 5.71. The molecule has 0 aromatic heterocycles. The van der Waals surface area contributed by atoms with E-state index in [0.29, 0.717) is 11.5 Å². The van der Waals surface area contributed by atoms with Gasteiger partial charge in [-0.3, -0.25) is 9.69 Å². The zero-order chi connectivity index (χ0) is 20.6. The van der Waals surface area contributed by atoms with Crippen LogP contribution in [0.3, 0.4) is 0 Å². The Morgan fingerprint density at radius 1 is 0.833 bits per heavy atom. The lowest BCUT2D eigenvalue weighted by Gasteiger charge is -2.32. The molecule has 1 fully saturated rings. The van der Waals surface area contributed by atoms with Crippen molar-refractivity contribution in [2.24, 2.45) is 5.92 Å². The smallest absolute Gasteiger partial charge is 0.251 e. The maximum absolute atomic E-state index is 12.5. The van der Waals surface area contributed by atoms with Gasteiger partial charge in [0.1, 0.15) is 11.5 Å². The zero-order valence-corrected chi connectivity index (χ0v) is 17.2. The Hall–Kier alpha value is -3.11. The molecule has 0 radical (unpaired) electrons. The van der Waals surface area contributed by atoms with E-state index >= 15 is 0 Å². The first-order valence-electron chi connectivity index (χ1n) is 10.6. The standard InChI is InChI=1S/C26H28N2O2/c29-26(23-11-13-25(14-12-23)30-24-9-5-2-6-10-24)27-19-21-15-17-28(18-16-21)20-22-7-3-1-4-8-22/h1-14,21H,15-20H2,(H,27,29). The SMILES string of the molecule is O=C(NCC1CCN(Cc2ccccc2)CC1)c1ccc(Oc2ccccc2)cc1. The highest BCUT2D eigenvalue weighted by Gasteiger charge is 2.20. The molecule has 0 unspecified atom stereocenters. The van der Waals surface area contributed by atoms with E-state index in [-0.39, 0.29) is 5.91 Å². The molecule has 1 aliphatic rings. The summed E-state index contributed by atoms with van der Waals surface area (Å²) in [6.45, 7) is 3.92. The number of benzene rings is 3. The van der Waals surface area contributed by atoms with Gasteiger partial charge < -0.3 is 10.1 Å². The van der Waals surface area contributed by atoms with Crippen LogP contribution in [0.2, 0.25) is 0 Å². The Labute approximate surface area is 178 Å². The second-order valence-electron chi connectivity index (χ2n) is 7.85. The van der Waals surface area contributed by atoms with Gasteiger partial charge in [-0.15, -0.1) is 0 Å². The van der Waals surface area contributed by atoms with Crippen LogP contribution in [0.25, 0.3) is 0 Å². The second kappa shape index (κ2) is 10.1. The van der Waals surface area contributed by atoms with Crippen molar-refractivity contribution in [1.29, 1.82) is 0 Å². The zero-order valence-electron chi connectivity index (χ0n) is 17.2. The lowest BCUT2D eigenvalue weighted by atomic mass is 9.96. The minimum Gasteiger partial charge on any atom is -0.457 e. The third-order valence-electron chi connectivity index (χ3n) is 5.60. The van der Waals surface area contributed by atoms with Crippen LogP contribution in [0.1, 0.15) is 28.8 Å². The average Bonchev–Trinajstić information content (AvgIpc) is 2.80. The first-order valence-corrected chi connectivity index (χ1v) is 10.6. The Morgan fingerprint density at radius 3 is 2.10 bits per heavy atom. The largest absolute Gasteiger partial charge is 0.457 e. The summed E-state index contributed by atoms with van der Waals surface area (Å²) in [4.78, 5) is 15.0. The van der Waals surface area contributed by atoms with E-state index in [4.69, 9.17) is 4.74 Å². The molecule has 0 saturated carbocycles. The molecule has 4 heteroatoms. The van der Waals surface area contributed by atoms with E-state index in [1.54, 1.807) is 0 Å². The highest BCUT2D eigenvalue weighted by Crippen LogP contribution is 2.22. The molecule has 30 heavy (non-hydrogen) atoms. The molecule has 4 nitrogen and oxygen atoms in total. The molecule has 1 N–H and O–H groups in total. The van der Waals surface area contributed by atoms with Gasteiger partial charge >= 0.3 is 0 Å². The maximum atomic E-state index is 12.5. The molecular formula is C26H28N2O2. The Bertz CT molecular complexity index is 918. The van der Waals surface area contributed by atoms with Gasteiger partial charge in [0.05, 0.1) is 0 Å². The summed E-state index contributed by atoms with van der Waals surface area (Å²) in [6, 6.07) is 27.6. The molecule has 0 aliphatic carbocycles. The fourth-order valence-electron chi connectivity index (χ4n) is 3.83. The van der Waals surface area contributed by atoms with Gasteiger partial charge in [-0.1, -0.05) is 48.5 Å². The van der Waals surface area contributed by atoms with Gasteiger partial charge in [-0.25, -0.2) is 0 Å². The van der Waals surface area contributed by atoms with Gasteiger partial charge in [0.2, 0.25) is 0 Å². The molecule has 1 heterocycles. The number of rotatable bonds is 7. The van der Waals surface area contributed by atoms with Crippen LogP contribution in [-0.2, 0) is 6.54 Å². The molecule has 0 atom stereocenters. The van der Waals surface area contributed by atoms with E-state index in [1.165, 1.54) is 5.56 Å². The summed E-state index contributed by atoms with van der Waals surface area (Å²) >= 11 is 0. The highest BCUT2D eigenvalue weighted by atomic mass is 16.5.